The van der Waals surface area contributed by atoms with E-state index in [1.807, 2.05) is 11.0 Å². The van der Waals surface area contributed by atoms with E-state index in [0.29, 0.717) is 17.9 Å². The molecule has 2 amide bonds. The van der Waals surface area contributed by atoms with Crippen LogP contribution in [0.4, 0.5) is 0 Å². The van der Waals surface area contributed by atoms with Crippen molar-refractivity contribution in [2.24, 2.45) is 0 Å². The summed E-state index contributed by atoms with van der Waals surface area (Å²) in [5.74, 6) is -0.379. The molecule has 0 N–H and O–H groups in total. The van der Waals surface area contributed by atoms with E-state index < -0.39 is 15.9 Å². The molecule has 1 aromatic carbocycles. The highest BCUT2D eigenvalue weighted by Crippen LogP contribution is 2.26. The van der Waals surface area contributed by atoms with Crippen LogP contribution >= 0.6 is 0 Å². The molecule has 0 saturated carbocycles. The Bertz CT molecular complexity index is 890. The summed E-state index contributed by atoms with van der Waals surface area (Å²) in [6, 6.07) is 4.94. The number of piperidine rings is 1. The van der Waals surface area contributed by atoms with E-state index in [0.717, 1.165) is 63.6 Å². The normalized spacial score (nSPS) is 22.0. The summed E-state index contributed by atoms with van der Waals surface area (Å²) in [5, 5.41) is 0. The van der Waals surface area contributed by atoms with Crippen molar-refractivity contribution in [1.29, 1.82) is 0 Å². The van der Waals surface area contributed by atoms with Crippen LogP contribution in [0.2, 0.25) is 0 Å². The van der Waals surface area contributed by atoms with Crippen molar-refractivity contribution in [1.82, 2.24) is 9.80 Å². The van der Waals surface area contributed by atoms with Crippen molar-refractivity contribution in [2.45, 2.75) is 68.7 Å². The molecular weight excluding hydrogens is 388 g/mol. The Balaban J connectivity index is 1.41. The number of likely N-dealkylation sites (tertiary alicyclic amines) is 2. The first-order valence-corrected chi connectivity index (χ1v) is 12.5. The molecule has 0 aromatic heterocycles. The van der Waals surface area contributed by atoms with Gasteiger partial charge in [-0.1, -0.05) is 6.07 Å². The number of carbonyl (C=O) groups excluding carboxylic acids is 2. The SMILES string of the molecule is O=C(C1CCCCN1C(=O)CCS(=O)(=O)c1ccc2c(c1)CCC2)N1CCCC1. The van der Waals surface area contributed by atoms with Gasteiger partial charge in [-0.3, -0.25) is 9.59 Å². The van der Waals surface area contributed by atoms with E-state index in [1.165, 1.54) is 5.56 Å². The second-order valence-electron chi connectivity index (χ2n) is 8.48. The molecule has 4 rings (SSSR count). The first kappa shape index (κ1) is 20.4. The average molecular weight is 419 g/mol. The first-order valence-electron chi connectivity index (χ1n) is 10.9. The number of sulfone groups is 1. The van der Waals surface area contributed by atoms with Gasteiger partial charge in [-0.25, -0.2) is 8.42 Å². The Morgan fingerprint density at radius 2 is 1.66 bits per heavy atom. The van der Waals surface area contributed by atoms with Gasteiger partial charge in [-0.05, 0) is 74.6 Å². The predicted octanol–water partition coefficient (Wildman–Crippen LogP) is 2.34. The molecule has 0 bridgehead atoms. The smallest absolute Gasteiger partial charge is 0.245 e. The van der Waals surface area contributed by atoms with Crippen LogP contribution in [0.5, 0.6) is 0 Å². The molecule has 0 spiro atoms. The molecule has 2 fully saturated rings. The predicted molar refractivity (Wildman–Crippen MR) is 110 cm³/mol. The van der Waals surface area contributed by atoms with Gasteiger partial charge in [-0.15, -0.1) is 0 Å². The zero-order valence-electron chi connectivity index (χ0n) is 16.9. The van der Waals surface area contributed by atoms with Gasteiger partial charge in [0, 0.05) is 26.1 Å². The van der Waals surface area contributed by atoms with Gasteiger partial charge < -0.3 is 9.80 Å². The van der Waals surface area contributed by atoms with Gasteiger partial charge in [0.25, 0.3) is 0 Å². The van der Waals surface area contributed by atoms with Crippen LogP contribution in [0, 0.1) is 0 Å². The maximum atomic E-state index is 12.9. The van der Waals surface area contributed by atoms with Crippen molar-refractivity contribution < 1.29 is 18.0 Å². The highest BCUT2D eigenvalue weighted by atomic mass is 32.2. The lowest BCUT2D eigenvalue weighted by Gasteiger charge is -2.36. The molecule has 3 aliphatic rings. The number of rotatable bonds is 5. The first-order chi connectivity index (χ1) is 14.0. The summed E-state index contributed by atoms with van der Waals surface area (Å²) in [7, 11) is -3.51. The summed E-state index contributed by atoms with van der Waals surface area (Å²) in [6.45, 7) is 2.08. The number of aryl methyl sites for hydroxylation is 2. The minimum Gasteiger partial charge on any atom is -0.341 e. The highest BCUT2D eigenvalue weighted by Gasteiger charge is 2.35. The third kappa shape index (κ3) is 4.34. The minimum absolute atomic E-state index is 0.0389. The van der Waals surface area contributed by atoms with Gasteiger partial charge in [0.2, 0.25) is 11.8 Å². The summed E-state index contributed by atoms with van der Waals surface area (Å²) in [4.78, 5) is 29.6. The van der Waals surface area contributed by atoms with Gasteiger partial charge >= 0.3 is 0 Å². The molecule has 2 aliphatic heterocycles. The molecule has 1 unspecified atom stereocenters. The number of amides is 2. The number of carbonyl (C=O) groups is 2. The lowest BCUT2D eigenvalue weighted by Crippen LogP contribution is -2.52. The summed E-state index contributed by atoms with van der Waals surface area (Å²) < 4.78 is 25.6. The lowest BCUT2D eigenvalue weighted by molar-refractivity contribution is -0.146. The van der Waals surface area contributed by atoms with Gasteiger partial charge in [-0.2, -0.15) is 0 Å². The van der Waals surface area contributed by atoms with Crippen molar-refractivity contribution >= 4 is 21.7 Å². The van der Waals surface area contributed by atoms with Crippen LogP contribution in [-0.2, 0) is 32.3 Å². The van der Waals surface area contributed by atoms with E-state index in [4.69, 9.17) is 0 Å². The minimum atomic E-state index is -3.51. The second-order valence-corrected chi connectivity index (χ2v) is 10.6. The molecule has 2 saturated heterocycles. The van der Waals surface area contributed by atoms with Crippen LogP contribution in [0.1, 0.15) is 56.1 Å². The van der Waals surface area contributed by atoms with E-state index in [9.17, 15) is 18.0 Å². The zero-order valence-corrected chi connectivity index (χ0v) is 17.8. The Hall–Kier alpha value is -1.89. The third-order valence-corrected chi connectivity index (χ3v) is 8.25. The summed E-state index contributed by atoms with van der Waals surface area (Å²) in [5.41, 5.74) is 2.35. The summed E-state index contributed by atoms with van der Waals surface area (Å²) in [6.07, 6.45) is 7.45. The van der Waals surface area contributed by atoms with Crippen LogP contribution in [0.15, 0.2) is 23.1 Å². The number of nitrogens with zero attached hydrogens (tertiary/aromatic N) is 2. The number of hydrogen-bond donors (Lipinski definition) is 0. The van der Waals surface area contributed by atoms with E-state index in [2.05, 4.69) is 0 Å². The van der Waals surface area contributed by atoms with Crippen LogP contribution in [0.3, 0.4) is 0 Å². The molecular formula is C22H30N2O4S. The molecule has 6 nitrogen and oxygen atoms in total. The van der Waals surface area contributed by atoms with E-state index in [1.54, 1.807) is 17.0 Å². The fourth-order valence-electron chi connectivity index (χ4n) is 4.86. The van der Waals surface area contributed by atoms with Gasteiger partial charge in [0.1, 0.15) is 6.04 Å². The van der Waals surface area contributed by atoms with Crippen molar-refractivity contribution in [2.75, 3.05) is 25.4 Å². The molecule has 29 heavy (non-hydrogen) atoms. The van der Waals surface area contributed by atoms with E-state index in [-0.39, 0.29) is 24.0 Å². The van der Waals surface area contributed by atoms with Gasteiger partial charge in [0.15, 0.2) is 9.84 Å². The van der Waals surface area contributed by atoms with Crippen LogP contribution < -0.4 is 0 Å². The molecule has 1 aliphatic carbocycles. The van der Waals surface area contributed by atoms with Crippen molar-refractivity contribution in [3.8, 4) is 0 Å². The number of hydrogen-bond acceptors (Lipinski definition) is 4. The number of benzene rings is 1. The largest absolute Gasteiger partial charge is 0.341 e. The fraction of sp³-hybridized carbons (Fsp3) is 0.636. The molecule has 1 aromatic rings. The van der Waals surface area contributed by atoms with Crippen LogP contribution in [-0.4, -0.2) is 61.5 Å². The molecule has 1 atom stereocenters. The van der Waals surface area contributed by atoms with E-state index >= 15 is 0 Å². The van der Waals surface area contributed by atoms with Gasteiger partial charge in [0.05, 0.1) is 10.6 Å². The van der Waals surface area contributed by atoms with Crippen LogP contribution in [0.25, 0.3) is 0 Å². The second kappa shape index (κ2) is 8.46. The summed E-state index contributed by atoms with van der Waals surface area (Å²) >= 11 is 0. The maximum Gasteiger partial charge on any atom is 0.245 e. The molecule has 2 heterocycles. The standard InChI is InChI=1S/C22H30N2O4S/c25-21(24-14-2-1-8-20(24)22(26)23-12-3-4-13-23)11-15-29(27,28)19-10-9-17-6-5-7-18(17)16-19/h9-10,16,20H,1-8,11-15H2. The average Bonchev–Trinajstić information content (AvgIpc) is 3.42. The Morgan fingerprint density at radius 1 is 0.931 bits per heavy atom. The Morgan fingerprint density at radius 3 is 2.45 bits per heavy atom. The molecule has 7 heteroatoms. The monoisotopic (exact) mass is 418 g/mol. The molecule has 158 valence electrons. The van der Waals surface area contributed by atoms with Crippen molar-refractivity contribution in [3.63, 3.8) is 0 Å². The molecule has 0 radical (unpaired) electrons. The number of fused-ring (bicyclic) bond motifs is 1. The maximum absolute atomic E-state index is 12.9. The van der Waals surface area contributed by atoms with Crippen molar-refractivity contribution in [3.05, 3.63) is 29.3 Å². The zero-order chi connectivity index (χ0) is 20.4. The Labute approximate surface area is 173 Å². The highest BCUT2D eigenvalue weighted by molar-refractivity contribution is 7.91. The fourth-order valence-corrected chi connectivity index (χ4v) is 6.14. The Kier molecular flexibility index (Phi) is 5.95. The lowest BCUT2D eigenvalue weighted by atomic mass is 10.0. The topological polar surface area (TPSA) is 74.8 Å². The third-order valence-electron chi connectivity index (χ3n) is 6.54. The quantitative estimate of drug-likeness (QED) is 0.736.